The molecule has 0 saturated heterocycles. The summed E-state index contributed by atoms with van der Waals surface area (Å²) in [5.74, 6) is 0.377. The summed E-state index contributed by atoms with van der Waals surface area (Å²) < 4.78 is 0. The zero-order chi connectivity index (χ0) is 44.7. The molecule has 9 aromatic carbocycles. The molecule has 3 aliphatic rings. The summed E-state index contributed by atoms with van der Waals surface area (Å²) in [7, 11) is 0. The summed E-state index contributed by atoms with van der Waals surface area (Å²) in [6.45, 7) is 2.45. The second kappa shape index (κ2) is 17.1. The lowest BCUT2D eigenvalue weighted by Gasteiger charge is -2.36. The van der Waals surface area contributed by atoms with Gasteiger partial charge >= 0.3 is 0 Å². The van der Waals surface area contributed by atoms with Gasteiger partial charge in [0.1, 0.15) is 0 Å². The van der Waals surface area contributed by atoms with E-state index in [1.54, 1.807) is 0 Å². The van der Waals surface area contributed by atoms with Gasteiger partial charge in [-0.05, 0) is 110 Å². The van der Waals surface area contributed by atoms with Gasteiger partial charge < -0.3 is 4.90 Å². The van der Waals surface area contributed by atoms with E-state index in [0.717, 1.165) is 18.5 Å². The first-order valence-electron chi connectivity index (χ1n) is 23.8. The third-order valence-corrected chi connectivity index (χ3v) is 14.7. The minimum atomic E-state index is -0.316. The highest BCUT2D eigenvalue weighted by atomic mass is 15.2. The standard InChI is InChI=1S/C66H51N/c1-66(49-29-9-4-10-30-49)61-40-18-15-35-56(61)57-44-43-50(45-62(57)66)67(64-42-20-17-37-59(64)60-39-22-28-48-27-21-38-52(65(48)60)47-25-7-3-8-26-47)63-41-19-16-36-58(63)55-34-14-13-33-54(55)53-32-12-11-31-51(53)46-23-5-2-6-24-46/h2-42,45,51,53H,43-44H2,1H3. The van der Waals surface area contributed by atoms with Crippen LogP contribution in [0.5, 0.6) is 0 Å². The number of fused-ring (bicyclic) bond motifs is 3. The molecule has 67 heavy (non-hydrogen) atoms. The van der Waals surface area contributed by atoms with Crippen LogP contribution < -0.4 is 4.90 Å². The van der Waals surface area contributed by atoms with Crippen LogP contribution in [0.15, 0.2) is 266 Å². The first-order chi connectivity index (χ1) is 33.2. The predicted molar refractivity (Wildman–Crippen MR) is 283 cm³/mol. The van der Waals surface area contributed by atoms with Crippen LogP contribution in [0.3, 0.4) is 0 Å². The monoisotopic (exact) mass is 857 g/mol. The highest BCUT2D eigenvalue weighted by Gasteiger charge is 2.43. The number of hydrogen-bond acceptors (Lipinski definition) is 1. The molecule has 0 N–H and O–H groups in total. The highest BCUT2D eigenvalue weighted by molar-refractivity contribution is 6.09. The molecule has 3 unspecified atom stereocenters. The van der Waals surface area contributed by atoms with Gasteiger partial charge in [0.25, 0.3) is 0 Å². The average Bonchev–Trinajstić information content (AvgIpc) is 3.67. The Kier molecular flexibility index (Phi) is 10.3. The fraction of sp³-hybridized carbons (Fsp3) is 0.0909. The molecule has 0 fully saturated rings. The van der Waals surface area contributed by atoms with Crippen LogP contribution >= 0.6 is 0 Å². The van der Waals surface area contributed by atoms with Crippen molar-refractivity contribution in [3.05, 3.63) is 294 Å². The second-order valence-corrected chi connectivity index (χ2v) is 18.3. The van der Waals surface area contributed by atoms with E-state index in [2.05, 4.69) is 267 Å². The van der Waals surface area contributed by atoms with E-state index in [1.165, 1.54) is 94.5 Å². The molecule has 1 heteroatoms. The van der Waals surface area contributed by atoms with Gasteiger partial charge in [-0.25, -0.2) is 0 Å². The molecule has 0 aromatic heterocycles. The molecule has 1 nitrogen and oxygen atoms in total. The third-order valence-electron chi connectivity index (χ3n) is 14.7. The summed E-state index contributed by atoms with van der Waals surface area (Å²) in [5, 5.41) is 2.49. The average molecular weight is 858 g/mol. The molecule has 0 spiro atoms. The van der Waals surface area contributed by atoms with Crippen molar-refractivity contribution in [3.63, 3.8) is 0 Å². The Morgan fingerprint density at radius 2 is 0.970 bits per heavy atom. The Hall–Kier alpha value is -8.00. The van der Waals surface area contributed by atoms with Gasteiger partial charge in [-0.15, -0.1) is 0 Å². The smallest absolute Gasteiger partial charge is 0.0537 e. The molecule has 0 amide bonds. The molecule has 0 bridgehead atoms. The Bertz CT molecular complexity index is 3420. The fourth-order valence-corrected chi connectivity index (χ4v) is 11.6. The van der Waals surface area contributed by atoms with Gasteiger partial charge in [-0.3, -0.25) is 0 Å². The lowest BCUT2D eigenvalue weighted by molar-refractivity contribution is 0.700. The zero-order valence-electron chi connectivity index (χ0n) is 37.8. The molecule has 0 aliphatic heterocycles. The first kappa shape index (κ1) is 40.5. The molecular weight excluding hydrogens is 807 g/mol. The Morgan fingerprint density at radius 1 is 0.433 bits per heavy atom. The van der Waals surface area contributed by atoms with Crippen LogP contribution in [0.1, 0.15) is 59.4 Å². The molecule has 0 radical (unpaired) electrons. The maximum Gasteiger partial charge on any atom is 0.0537 e. The summed E-state index contributed by atoms with van der Waals surface area (Å²) in [5.41, 5.74) is 20.2. The number of nitrogens with zero attached hydrogens (tertiary/aromatic N) is 1. The lowest BCUT2D eigenvalue weighted by Crippen LogP contribution is -2.26. The van der Waals surface area contributed by atoms with Crippen LogP contribution in [0.4, 0.5) is 11.4 Å². The van der Waals surface area contributed by atoms with Crippen LogP contribution in [-0.2, 0) is 5.41 Å². The van der Waals surface area contributed by atoms with Gasteiger partial charge in [0.2, 0.25) is 0 Å². The van der Waals surface area contributed by atoms with E-state index >= 15 is 0 Å². The van der Waals surface area contributed by atoms with E-state index in [1.807, 2.05) is 0 Å². The molecule has 3 atom stereocenters. The number of hydrogen-bond donors (Lipinski definition) is 0. The Morgan fingerprint density at radius 3 is 1.69 bits per heavy atom. The van der Waals surface area contributed by atoms with Crippen LogP contribution in [0, 0.1) is 0 Å². The van der Waals surface area contributed by atoms with Gasteiger partial charge in [0, 0.05) is 34.1 Å². The van der Waals surface area contributed by atoms with E-state index in [0.29, 0.717) is 0 Å². The summed E-state index contributed by atoms with van der Waals surface area (Å²) in [4.78, 5) is 2.63. The van der Waals surface area contributed by atoms with Gasteiger partial charge in [0.15, 0.2) is 0 Å². The maximum atomic E-state index is 2.63. The fourth-order valence-electron chi connectivity index (χ4n) is 11.6. The van der Waals surface area contributed by atoms with E-state index < -0.39 is 0 Å². The van der Waals surface area contributed by atoms with Crippen LogP contribution in [0.2, 0.25) is 0 Å². The van der Waals surface area contributed by atoms with Crippen molar-refractivity contribution in [1.82, 2.24) is 0 Å². The zero-order valence-corrected chi connectivity index (χ0v) is 37.8. The molecule has 3 aliphatic carbocycles. The maximum absolute atomic E-state index is 2.63. The molecule has 9 aromatic rings. The molecule has 320 valence electrons. The van der Waals surface area contributed by atoms with Gasteiger partial charge in [0.05, 0.1) is 11.4 Å². The number of allylic oxidation sites excluding steroid dienone is 8. The molecule has 0 heterocycles. The minimum Gasteiger partial charge on any atom is -0.313 e. The summed E-state index contributed by atoms with van der Waals surface area (Å²) in [6, 6.07) is 83.1. The van der Waals surface area contributed by atoms with E-state index in [9.17, 15) is 0 Å². The topological polar surface area (TPSA) is 3.24 Å². The Balaban J connectivity index is 1.11. The van der Waals surface area contributed by atoms with E-state index in [4.69, 9.17) is 0 Å². The normalized spacial score (nSPS) is 18.4. The minimum absolute atomic E-state index is 0.162. The van der Waals surface area contributed by atoms with Gasteiger partial charge in [-0.1, -0.05) is 237 Å². The van der Waals surface area contributed by atoms with Crippen molar-refractivity contribution in [2.24, 2.45) is 0 Å². The quantitative estimate of drug-likeness (QED) is 0.140. The molecule has 12 rings (SSSR count). The number of anilines is 2. The number of rotatable bonds is 9. The Labute approximate surface area is 395 Å². The van der Waals surface area contributed by atoms with E-state index in [-0.39, 0.29) is 17.3 Å². The predicted octanol–water partition coefficient (Wildman–Crippen LogP) is 17.4. The molecular formula is C66H51N. The van der Waals surface area contributed by atoms with Crippen molar-refractivity contribution in [1.29, 1.82) is 0 Å². The van der Waals surface area contributed by atoms with Crippen molar-refractivity contribution < 1.29 is 0 Å². The van der Waals surface area contributed by atoms with Crippen molar-refractivity contribution in [3.8, 4) is 33.4 Å². The van der Waals surface area contributed by atoms with Crippen LogP contribution in [-0.4, -0.2) is 0 Å². The van der Waals surface area contributed by atoms with Gasteiger partial charge in [-0.2, -0.15) is 0 Å². The largest absolute Gasteiger partial charge is 0.313 e. The summed E-state index contributed by atoms with van der Waals surface area (Å²) >= 11 is 0. The SMILES string of the molecule is CC1(c2ccccc2)C2=C(CCC(N(c3ccccc3-c3ccccc3C3C=CC=CC3c3ccccc3)c3ccccc3-c3cccc4cccc(-c5ccccc5)c34)=C2)c2ccccc21. The van der Waals surface area contributed by atoms with Crippen molar-refractivity contribution in [2.45, 2.75) is 37.0 Å². The lowest BCUT2D eigenvalue weighted by atomic mass is 9.72. The third kappa shape index (κ3) is 6.93. The first-order valence-corrected chi connectivity index (χ1v) is 23.8. The van der Waals surface area contributed by atoms with Crippen LogP contribution in [0.25, 0.3) is 49.7 Å². The van der Waals surface area contributed by atoms with Crippen molar-refractivity contribution in [2.75, 3.05) is 4.90 Å². The molecule has 0 saturated carbocycles. The number of para-hydroxylation sites is 2. The summed E-state index contributed by atoms with van der Waals surface area (Å²) in [6.07, 6.45) is 13.6. The highest BCUT2D eigenvalue weighted by Crippen LogP contribution is 2.56. The number of benzene rings is 9. The van der Waals surface area contributed by atoms with Crippen molar-refractivity contribution >= 4 is 27.7 Å². The second-order valence-electron chi connectivity index (χ2n) is 18.3.